The molecule has 2 aromatic rings. The Morgan fingerprint density at radius 2 is 2.05 bits per heavy atom. The number of nitrogens with zero attached hydrogens (tertiary/aromatic N) is 2. The van der Waals surface area contributed by atoms with Crippen molar-refractivity contribution < 1.29 is 9.32 Å². The molecule has 6 nitrogen and oxygen atoms in total. The van der Waals surface area contributed by atoms with Crippen molar-refractivity contribution in [2.75, 3.05) is 19.6 Å². The summed E-state index contributed by atoms with van der Waals surface area (Å²) in [5.74, 6) is 0.770. The van der Waals surface area contributed by atoms with E-state index in [4.69, 9.17) is 4.52 Å². The Kier molecular flexibility index (Phi) is 5.45. The second-order valence-electron chi connectivity index (χ2n) is 4.70. The van der Waals surface area contributed by atoms with Gasteiger partial charge in [0.25, 0.3) is 11.8 Å². The zero-order valence-corrected chi connectivity index (χ0v) is 12.3. The average Bonchev–Trinajstić information content (AvgIpc) is 2.93. The molecule has 0 atom stereocenters. The second-order valence-corrected chi connectivity index (χ2v) is 4.70. The van der Waals surface area contributed by atoms with E-state index < -0.39 is 0 Å². The molecule has 2 N–H and O–H groups in total. The molecular weight excluding hydrogens is 268 g/mol. The smallest absolute Gasteiger partial charge is 0.258 e. The highest BCUT2D eigenvalue weighted by atomic mass is 16.5. The van der Waals surface area contributed by atoms with Gasteiger partial charge in [0.2, 0.25) is 0 Å². The molecular formula is C15H20N4O2. The number of hydrogen-bond donors (Lipinski definition) is 2. The third kappa shape index (κ3) is 4.13. The lowest BCUT2D eigenvalue weighted by molar-refractivity contribution is 0.0954. The van der Waals surface area contributed by atoms with Crippen LogP contribution in [0.5, 0.6) is 0 Å². The fourth-order valence-corrected chi connectivity index (χ4v) is 1.94. The highest BCUT2D eigenvalue weighted by molar-refractivity contribution is 5.99. The summed E-state index contributed by atoms with van der Waals surface area (Å²) in [6.45, 7) is 6.13. The molecule has 0 aliphatic rings. The van der Waals surface area contributed by atoms with Crippen molar-refractivity contribution in [3.63, 3.8) is 0 Å². The van der Waals surface area contributed by atoms with Gasteiger partial charge in [0.1, 0.15) is 0 Å². The highest BCUT2D eigenvalue weighted by Crippen LogP contribution is 2.21. The molecule has 0 spiro atoms. The zero-order chi connectivity index (χ0) is 15.1. The lowest BCUT2D eigenvalue weighted by Gasteiger charge is -2.08. The molecule has 0 fully saturated rings. The van der Waals surface area contributed by atoms with Crippen molar-refractivity contribution in [1.29, 1.82) is 0 Å². The maximum atomic E-state index is 12.2. The number of carbonyl (C=O) groups excluding carboxylic acids is 1. The van der Waals surface area contributed by atoms with Gasteiger partial charge in [0.05, 0.1) is 11.1 Å². The largest absolute Gasteiger partial charge is 0.351 e. The second kappa shape index (κ2) is 7.54. The van der Waals surface area contributed by atoms with Crippen LogP contribution >= 0.6 is 0 Å². The third-order valence-corrected chi connectivity index (χ3v) is 2.94. The van der Waals surface area contributed by atoms with Crippen LogP contribution in [-0.4, -0.2) is 35.7 Å². The van der Waals surface area contributed by atoms with Crippen LogP contribution in [0.3, 0.4) is 0 Å². The maximum absolute atomic E-state index is 12.2. The van der Waals surface area contributed by atoms with Gasteiger partial charge in [-0.15, -0.1) is 0 Å². The lowest BCUT2D eigenvalue weighted by atomic mass is 10.1. The van der Waals surface area contributed by atoms with E-state index in [0.29, 0.717) is 29.4 Å². The van der Waals surface area contributed by atoms with Crippen LogP contribution in [0, 0.1) is 6.92 Å². The normalized spacial score (nSPS) is 10.6. The first-order chi connectivity index (χ1) is 10.2. The van der Waals surface area contributed by atoms with Crippen LogP contribution in [0.2, 0.25) is 0 Å². The van der Waals surface area contributed by atoms with Crippen LogP contribution in [0.4, 0.5) is 0 Å². The first kappa shape index (κ1) is 15.2. The molecule has 0 aliphatic heterocycles. The van der Waals surface area contributed by atoms with Gasteiger partial charge < -0.3 is 15.2 Å². The minimum absolute atomic E-state index is 0.139. The van der Waals surface area contributed by atoms with Crippen molar-refractivity contribution >= 4 is 5.91 Å². The Morgan fingerprint density at radius 1 is 1.24 bits per heavy atom. The predicted octanol–water partition coefficient (Wildman–Crippen LogP) is 1.77. The summed E-state index contributed by atoms with van der Waals surface area (Å²) in [6.07, 6.45) is 1.08. The molecule has 112 valence electrons. The van der Waals surface area contributed by atoms with Gasteiger partial charge in [-0.3, -0.25) is 4.79 Å². The van der Waals surface area contributed by atoms with Gasteiger partial charge in [-0.2, -0.15) is 4.98 Å². The number of hydrogen-bond acceptors (Lipinski definition) is 5. The molecule has 0 aliphatic carbocycles. The molecule has 0 radical (unpaired) electrons. The molecule has 1 aromatic heterocycles. The van der Waals surface area contributed by atoms with E-state index in [0.717, 1.165) is 19.5 Å². The van der Waals surface area contributed by atoms with Crippen LogP contribution in [0.25, 0.3) is 11.5 Å². The molecule has 21 heavy (non-hydrogen) atoms. The van der Waals surface area contributed by atoms with Gasteiger partial charge in [0, 0.05) is 13.1 Å². The number of rotatable bonds is 7. The van der Waals surface area contributed by atoms with Gasteiger partial charge in [-0.25, -0.2) is 0 Å². The number of aryl methyl sites for hydroxylation is 1. The average molecular weight is 288 g/mol. The summed E-state index contributed by atoms with van der Waals surface area (Å²) >= 11 is 0. The Balaban J connectivity index is 2.04. The number of nitrogens with one attached hydrogen (secondary N) is 2. The Morgan fingerprint density at radius 3 is 2.76 bits per heavy atom. The fourth-order valence-electron chi connectivity index (χ4n) is 1.94. The molecule has 1 heterocycles. The first-order valence-electron chi connectivity index (χ1n) is 7.11. The van der Waals surface area contributed by atoms with Crippen molar-refractivity contribution in [3.05, 3.63) is 35.7 Å². The van der Waals surface area contributed by atoms with Crippen LogP contribution in [0.15, 0.2) is 28.8 Å². The monoisotopic (exact) mass is 288 g/mol. The summed E-state index contributed by atoms with van der Waals surface area (Å²) in [4.78, 5) is 16.4. The Bertz CT molecular complexity index is 595. The highest BCUT2D eigenvalue weighted by Gasteiger charge is 2.16. The van der Waals surface area contributed by atoms with E-state index in [1.54, 1.807) is 19.1 Å². The lowest BCUT2D eigenvalue weighted by Crippen LogP contribution is -2.32. The molecule has 2 rings (SSSR count). The zero-order valence-electron chi connectivity index (χ0n) is 12.3. The van der Waals surface area contributed by atoms with E-state index >= 15 is 0 Å². The molecule has 0 saturated carbocycles. The third-order valence-electron chi connectivity index (χ3n) is 2.94. The van der Waals surface area contributed by atoms with E-state index in [9.17, 15) is 4.79 Å². The summed E-state index contributed by atoms with van der Waals surface area (Å²) in [7, 11) is 0. The standard InChI is InChI=1S/C15H20N4O2/c1-3-8-16-9-10-17-14(20)12-6-4-5-7-13(12)15-18-11(2)19-21-15/h4-7,16H,3,8-10H2,1-2H3,(H,17,20). The van der Waals surface area contributed by atoms with Gasteiger partial charge in [0.15, 0.2) is 5.82 Å². The maximum Gasteiger partial charge on any atom is 0.258 e. The summed E-state index contributed by atoms with van der Waals surface area (Å²) < 4.78 is 5.15. The Labute approximate surface area is 123 Å². The van der Waals surface area contributed by atoms with E-state index in [1.807, 2.05) is 12.1 Å². The first-order valence-corrected chi connectivity index (χ1v) is 7.11. The predicted molar refractivity (Wildman–Crippen MR) is 80.0 cm³/mol. The number of benzene rings is 1. The fraction of sp³-hybridized carbons (Fsp3) is 0.400. The minimum Gasteiger partial charge on any atom is -0.351 e. The van der Waals surface area contributed by atoms with Crippen LogP contribution in [0.1, 0.15) is 29.5 Å². The van der Waals surface area contributed by atoms with Gasteiger partial charge >= 0.3 is 0 Å². The summed E-state index contributed by atoms with van der Waals surface area (Å²) in [5, 5.41) is 9.88. The number of amides is 1. The molecule has 1 amide bonds. The Hall–Kier alpha value is -2.21. The van der Waals surface area contributed by atoms with Crippen molar-refractivity contribution in [2.24, 2.45) is 0 Å². The number of carbonyl (C=O) groups is 1. The van der Waals surface area contributed by atoms with Crippen LogP contribution in [-0.2, 0) is 0 Å². The number of aromatic nitrogens is 2. The molecule has 0 unspecified atom stereocenters. The van der Waals surface area contributed by atoms with Gasteiger partial charge in [-0.1, -0.05) is 24.2 Å². The summed E-state index contributed by atoms with van der Waals surface area (Å²) in [5.41, 5.74) is 1.19. The quantitative estimate of drug-likeness (QED) is 0.759. The van der Waals surface area contributed by atoms with E-state index in [2.05, 4.69) is 27.7 Å². The van der Waals surface area contributed by atoms with E-state index in [1.165, 1.54) is 0 Å². The summed E-state index contributed by atoms with van der Waals surface area (Å²) in [6, 6.07) is 7.21. The molecule has 6 heteroatoms. The topological polar surface area (TPSA) is 80.0 Å². The van der Waals surface area contributed by atoms with Crippen molar-refractivity contribution in [2.45, 2.75) is 20.3 Å². The van der Waals surface area contributed by atoms with Crippen molar-refractivity contribution in [3.8, 4) is 11.5 Å². The minimum atomic E-state index is -0.139. The molecule has 1 aromatic carbocycles. The van der Waals surface area contributed by atoms with E-state index in [-0.39, 0.29) is 5.91 Å². The molecule has 0 saturated heterocycles. The van der Waals surface area contributed by atoms with Gasteiger partial charge in [-0.05, 0) is 32.0 Å². The van der Waals surface area contributed by atoms with Crippen molar-refractivity contribution in [1.82, 2.24) is 20.8 Å². The molecule has 0 bridgehead atoms. The van der Waals surface area contributed by atoms with Crippen LogP contribution < -0.4 is 10.6 Å². The SMILES string of the molecule is CCCNCCNC(=O)c1ccccc1-c1nc(C)no1.